The summed E-state index contributed by atoms with van der Waals surface area (Å²) >= 11 is 0. The highest BCUT2D eigenvalue weighted by Gasteiger charge is 2.33. The van der Waals surface area contributed by atoms with Crippen LogP contribution in [-0.2, 0) is 24.8 Å². The van der Waals surface area contributed by atoms with Crippen LogP contribution in [0.5, 0.6) is 11.5 Å². The first kappa shape index (κ1) is 23.7. The predicted octanol–water partition coefficient (Wildman–Crippen LogP) is 4.86. The Morgan fingerprint density at radius 2 is 1.64 bits per heavy atom. The molecule has 1 heterocycles. The van der Waals surface area contributed by atoms with Gasteiger partial charge in [-0.3, -0.25) is 19.2 Å². The van der Waals surface area contributed by atoms with Crippen molar-refractivity contribution in [2.45, 2.75) is 40.7 Å². The third-order valence-electron chi connectivity index (χ3n) is 5.13. The van der Waals surface area contributed by atoms with Gasteiger partial charge in [0.15, 0.2) is 0 Å². The lowest BCUT2D eigenvalue weighted by Crippen LogP contribution is -2.43. The largest absolute Gasteiger partial charge is 0.457 e. The van der Waals surface area contributed by atoms with Crippen LogP contribution in [0.3, 0.4) is 0 Å². The van der Waals surface area contributed by atoms with Gasteiger partial charge in [-0.2, -0.15) is 10.4 Å². The van der Waals surface area contributed by atoms with Crippen molar-refractivity contribution in [3.8, 4) is 17.6 Å². The fourth-order valence-corrected chi connectivity index (χ4v) is 3.26. The summed E-state index contributed by atoms with van der Waals surface area (Å²) in [6.45, 7) is 7.50. The SMILES string of the molecule is CCc1cc(C(=O)N(Cc2ccc(Oc3ccc(C#N)cc3)cc2)C(=O)C(C)(C)C)n(C)n1. The second kappa shape index (κ2) is 9.70. The molecule has 0 saturated heterocycles. The Bertz CT molecular complexity index is 1180. The zero-order valence-corrected chi connectivity index (χ0v) is 19.6. The Kier molecular flexibility index (Phi) is 6.98. The van der Waals surface area contributed by atoms with Crippen molar-refractivity contribution in [1.29, 1.82) is 5.26 Å². The Morgan fingerprint density at radius 1 is 1.06 bits per heavy atom. The normalized spacial score (nSPS) is 11.0. The van der Waals surface area contributed by atoms with E-state index in [1.54, 1.807) is 70.3 Å². The second-order valence-corrected chi connectivity index (χ2v) is 8.83. The Balaban J connectivity index is 1.81. The van der Waals surface area contributed by atoms with E-state index in [2.05, 4.69) is 11.2 Å². The maximum Gasteiger partial charge on any atom is 0.279 e. The van der Waals surface area contributed by atoms with Gasteiger partial charge in [0.2, 0.25) is 5.91 Å². The van der Waals surface area contributed by atoms with E-state index in [4.69, 9.17) is 10.00 Å². The Morgan fingerprint density at radius 3 is 2.12 bits per heavy atom. The fourth-order valence-electron chi connectivity index (χ4n) is 3.26. The van der Waals surface area contributed by atoms with E-state index >= 15 is 0 Å². The third kappa shape index (κ3) is 5.66. The van der Waals surface area contributed by atoms with E-state index in [0.29, 0.717) is 29.2 Å². The number of benzene rings is 2. The molecule has 33 heavy (non-hydrogen) atoms. The van der Waals surface area contributed by atoms with Crippen LogP contribution in [0.1, 0.15) is 55.0 Å². The first-order chi connectivity index (χ1) is 15.6. The van der Waals surface area contributed by atoms with Crippen molar-refractivity contribution in [3.63, 3.8) is 0 Å². The minimum absolute atomic E-state index is 0.138. The lowest BCUT2D eigenvalue weighted by atomic mass is 9.94. The molecular weight excluding hydrogens is 416 g/mol. The highest BCUT2D eigenvalue weighted by molar-refractivity contribution is 6.05. The van der Waals surface area contributed by atoms with E-state index in [0.717, 1.165) is 11.3 Å². The van der Waals surface area contributed by atoms with E-state index in [1.165, 1.54) is 9.58 Å². The van der Waals surface area contributed by atoms with E-state index in [9.17, 15) is 9.59 Å². The molecule has 1 aromatic heterocycles. The highest BCUT2D eigenvalue weighted by Crippen LogP contribution is 2.25. The predicted molar refractivity (Wildman–Crippen MR) is 125 cm³/mol. The number of ether oxygens (including phenoxy) is 1. The summed E-state index contributed by atoms with van der Waals surface area (Å²) in [6, 6.07) is 17.9. The molecule has 7 heteroatoms. The molecule has 3 rings (SSSR count). The summed E-state index contributed by atoms with van der Waals surface area (Å²) < 4.78 is 7.35. The summed E-state index contributed by atoms with van der Waals surface area (Å²) in [6.07, 6.45) is 0.703. The molecule has 0 aliphatic carbocycles. The first-order valence-electron chi connectivity index (χ1n) is 10.8. The first-order valence-corrected chi connectivity index (χ1v) is 10.8. The molecule has 3 aromatic rings. The van der Waals surface area contributed by atoms with Gasteiger partial charge in [-0.15, -0.1) is 0 Å². The summed E-state index contributed by atoms with van der Waals surface area (Å²) in [5.74, 6) is 0.597. The van der Waals surface area contributed by atoms with Gasteiger partial charge in [0.05, 0.1) is 23.9 Å². The minimum atomic E-state index is -0.722. The fraction of sp³-hybridized carbons (Fsp3) is 0.308. The molecule has 0 fully saturated rings. The summed E-state index contributed by atoms with van der Waals surface area (Å²) in [5.41, 5.74) is 1.82. The van der Waals surface area contributed by atoms with Crippen LogP contribution in [-0.4, -0.2) is 26.5 Å². The zero-order valence-electron chi connectivity index (χ0n) is 19.6. The number of nitriles is 1. The summed E-state index contributed by atoms with van der Waals surface area (Å²) in [7, 11) is 1.71. The summed E-state index contributed by atoms with van der Waals surface area (Å²) in [4.78, 5) is 27.8. The molecule has 0 unspecified atom stereocenters. The van der Waals surface area contributed by atoms with Crippen molar-refractivity contribution in [2.75, 3.05) is 0 Å². The molecular formula is C26H28N4O3. The van der Waals surface area contributed by atoms with Crippen LogP contribution in [0, 0.1) is 16.7 Å². The van der Waals surface area contributed by atoms with Crippen LogP contribution < -0.4 is 4.74 Å². The van der Waals surface area contributed by atoms with E-state index in [1.807, 2.05) is 19.1 Å². The zero-order chi connectivity index (χ0) is 24.2. The molecule has 2 amide bonds. The molecule has 0 spiro atoms. The number of amides is 2. The molecule has 0 aliphatic rings. The number of aryl methyl sites for hydroxylation is 2. The van der Waals surface area contributed by atoms with Crippen LogP contribution in [0.4, 0.5) is 0 Å². The lowest BCUT2D eigenvalue weighted by Gasteiger charge is -2.28. The maximum atomic E-state index is 13.3. The van der Waals surface area contributed by atoms with Crippen molar-refractivity contribution >= 4 is 11.8 Å². The maximum absolute atomic E-state index is 13.3. The Labute approximate surface area is 194 Å². The minimum Gasteiger partial charge on any atom is -0.457 e. The van der Waals surface area contributed by atoms with Gasteiger partial charge >= 0.3 is 0 Å². The van der Waals surface area contributed by atoms with Crippen molar-refractivity contribution in [1.82, 2.24) is 14.7 Å². The average Bonchev–Trinajstić information content (AvgIpc) is 3.18. The second-order valence-electron chi connectivity index (χ2n) is 8.83. The molecule has 2 aromatic carbocycles. The molecule has 170 valence electrons. The number of carbonyl (C=O) groups is 2. The molecule has 0 aliphatic heterocycles. The van der Waals surface area contributed by atoms with E-state index in [-0.39, 0.29) is 18.4 Å². The number of imide groups is 1. The molecule has 0 saturated carbocycles. The summed E-state index contributed by atoms with van der Waals surface area (Å²) in [5, 5.41) is 13.3. The smallest absolute Gasteiger partial charge is 0.279 e. The monoisotopic (exact) mass is 444 g/mol. The number of carbonyl (C=O) groups excluding carboxylic acids is 2. The van der Waals surface area contributed by atoms with Crippen molar-refractivity contribution < 1.29 is 14.3 Å². The van der Waals surface area contributed by atoms with Crippen LogP contribution in [0.15, 0.2) is 54.6 Å². The molecule has 0 bridgehead atoms. The van der Waals surface area contributed by atoms with Crippen molar-refractivity contribution in [3.05, 3.63) is 77.1 Å². The quantitative estimate of drug-likeness (QED) is 0.542. The van der Waals surface area contributed by atoms with Gasteiger partial charge in [-0.05, 0) is 54.4 Å². The topological polar surface area (TPSA) is 88.2 Å². The Hall–Kier alpha value is -3.92. The molecule has 0 radical (unpaired) electrons. The lowest BCUT2D eigenvalue weighted by molar-refractivity contribution is -0.137. The van der Waals surface area contributed by atoms with E-state index < -0.39 is 5.41 Å². The third-order valence-corrected chi connectivity index (χ3v) is 5.13. The van der Waals surface area contributed by atoms with Gasteiger partial charge < -0.3 is 4.74 Å². The van der Waals surface area contributed by atoms with Crippen LogP contribution in [0.25, 0.3) is 0 Å². The van der Waals surface area contributed by atoms with Crippen molar-refractivity contribution in [2.24, 2.45) is 12.5 Å². The molecule has 0 atom stereocenters. The van der Waals surface area contributed by atoms with Gasteiger partial charge in [0.25, 0.3) is 5.91 Å². The number of nitrogens with zero attached hydrogens (tertiary/aromatic N) is 4. The van der Waals surface area contributed by atoms with Crippen LogP contribution in [0.2, 0.25) is 0 Å². The number of rotatable bonds is 6. The van der Waals surface area contributed by atoms with Gasteiger partial charge in [0, 0.05) is 12.5 Å². The van der Waals surface area contributed by atoms with Gasteiger partial charge in [-0.1, -0.05) is 39.8 Å². The standard InChI is InChI=1S/C26H28N4O3/c1-6-20-15-23(29(5)28-20)24(31)30(25(32)26(2,3)4)17-19-9-13-22(14-10-19)33-21-11-7-18(16-27)8-12-21/h7-15H,6,17H2,1-5H3. The number of hydrogen-bond acceptors (Lipinski definition) is 5. The number of hydrogen-bond donors (Lipinski definition) is 0. The highest BCUT2D eigenvalue weighted by atomic mass is 16.5. The number of aromatic nitrogens is 2. The van der Waals surface area contributed by atoms with Gasteiger partial charge in [0.1, 0.15) is 17.2 Å². The van der Waals surface area contributed by atoms with Gasteiger partial charge in [-0.25, -0.2) is 0 Å². The average molecular weight is 445 g/mol. The molecule has 0 N–H and O–H groups in total. The molecule has 7 nitrogen and oxygen atoms in total. The van der Waals surface area contributed by atoms with Crippen LogP contribution >= 0.6 is 0 Å².